The molecular weight excluding hydrogens is 464 g/mol. The second-order valence-corrected chi connectivity index (χ2v) is 9.38. The maximum atomic E-state index is 12.9. The number of hydrogen-bond donors (Lipinski definition) is 1. The van der Waals surface area contributed by atoms with E-state index in [1.807, 2.05) is 18.4 Å². The van der Waals surface area contributed by atoms with Gasteiger partial charge >= 0.3 is 5.97 Å². The second kappa shape index (κ2) is 9.28. The van der Waals surface area contributed by atoms with Crippen LogP contribution < -0.4 is 15.0 Å². The molecule has 1 atom stereocenters. The molecule has 3 heterocycles. The molecule has 1 aliphatic rings. The Morgan fingerprint density at radius 2 is 2.06 bits per heavy atom. The number of rotatable bonds is 6. The van der Waals surface area contributed by atoms with Crippen molar-refractivity contribution in [2.45, 2.75) is 33.8 Å². The van der Waals surface area contributed by atoms with Gasteiger partial charge in [-0.3, -0.25) is 14.5 Å². The highest BCUT2D eigenvalue weighted by Gasteiger charge is 2.33. The van der Waals surface area contributed by atoms with Crippen molar-refractivity contribution in [3.63, 3.8) is 0 Å². The zero-order valence-corrected chi connectivity index (χ0v) is 20.1. The number of nitrogens with one attached hydrogen (secondary N) is 1. The number of carbonyl (C=O) groups is 3. The fourth-order valence-corrected chi connectivity index (χ4v) is 4.86. The molecular formula is C22H22N4O5S2. The van der Waals surface area contributed by atoms with Crippen molar-refractivity contribution in [3.8, 4) is 17.0 Å². The SMILES string of the molecule is CCOC(=O)c1sc(NC(=O)CN2C(=O)C(C)Oc3ccc(-c4csc(C)n4)cc32)nc1C. The Balaban J connectivity index is 1.56. The fraction of sp³-hybridized carbons (Fsp3) is 0.318. The lowest BCUT2D eigenvalue weighted by Gasteiger charge is -2.32. The van der Waals surface area contributed by atoms with Crippen molar-refractivity contribution in [2.75, 3.05) is 23.4 Å². The summed E-state index contributed by atoms with van der Waals surface area (Å²) in [6, 6.07) is 5.46. The molecule has 0 aliphatic carbocycles. The van der Waals surface area contributed by atoms with E-state index in [4.69, 9.17) is 9.47 Å². The lowest BCUT2D eigenvalue weighted by Crippen LogP contribution is -2.47. The standard InChI is InChI=1S/C22H22N4O5S2/c1-5-30-21(29)19-11(2)23-22(33-19)25-18(27)9-26-16-8-14(15-10-32-13(4)24-15)6-7-17(16)31-12(3)20(26)28/h6-8,10,12H,5,9H2,1-4H3,(H,23,25,27). The summed E-state index contributed by atoms with van der Waals surface area (Å²) in [7, 11) is 0. The minimum absolute atomic E-state index is 0.230. The smallest absolute Gasteiger partial charge is 0.350 e. The van der Waals surface area contributed by atoms with E-state index in [0.717, 1.165) is 27.6 Å². The number of esters is 1. The molecule has 33 heavy (non-hydrogen) atoms. The van der Waals surface area contributed by atoms with Gasteiger partial charge in [-0.05, 0) is 45.9 Å². The Bertz CT molecular complexity index is 1240. The summed E-state index contributed by atoms with van der Waals surface area (Å²) < 4.78 is 10.7. The van der Waals surface area contributed by atoms with Gasteiger partial charge in [-0.1, -0.05) is 11.3 Å². The molecule has 2 aromatic heterocycles. The summed E-state index contributed by atoms with van der Waals surface area (Å²) in [5, 5.41) is 5.81. The normalized spacial score (nSPS) is 15.1. The molecule has 11 heteroatoms. The van der Waals surface area contributed by atoms with Crippen molar-refractivity contribution in [3.05, 3.63) is 39.2 Å². The summed E-state index contributed by atoms with van der Waals surface area (Å²) in [5.41, 5.74) is 2.59. The van der Waals surface area contributed by atoms with Crippen molar-refractivity contribution in [1.29, 1.82) is 0 Å². The van der Waals surface area contributed by atoms with E-state index in [-0.39, 0.29) is 24.2 Å². The third kappa shape index (κ3) is 4.74. The molecule has 1 unspecified atom stereocenters. The van der Waals surface area contributed by atoms with Crippen LogP contribution in [0.2, 0.25) is 0 Å². The Hall–Kier alpha value is -3.31. The average molecular weight is 487 g/mol. The summed E-state index contributed by atoms with van der Waals surface area (Å²) in [5.74, 6) is -0.738. The van der Waals surface area contributed by atoms with Crippen LogP contribution in [0.5, 0.6) is 5.75 Å². The molecule has 0 radical (unpaired) electrons. The molecule has 0 bridgehead atoms. The van der Waals surface area contributed by atoms with Crippen LogP contribution in [0.25, 0.3) is 11.3 Å². The van der Waals surface area contributed by atoms with E-state index in [1.54, 1.807) is 32.9 Å². The van der Waals surface area contributed by atoms with E-state index in [1.165, 1.54) is 16.2 Å². The molecule has 0 saturated heterocycles. The van der Waals surface area contributed by atoms with E-state index < -0.39 is 18.0 Å². The summed E-state index contributed by atoms with van der Waals surface area (Å²) in [4.78, 5) is 48.2. The fourth-order valence-electron chi connectivity index (χ4n) is 3.36. The highest BCUT2D eigenvalue weighted by atomic mass is 32.1. The minimum Gasteiger partial charge on any atom is -0.479 e. The van der Waals surface area contributed by atoms with Gasteiger partial charge in [0.05, 0.1) is 28.7 Å². The third-order valence-electron chi connectivity index (χ3n) is 4.89. The van der Waals surface area contributed by atoms with Gasteiger partial charge in [0, 0.05) is 10.9 Å². The topological polar surface area (TPSA) is 111 Å². The first kappa shape index (κ1) is 22.9. The molecule has 1 aromatic carbocycles. The van der Waals surface area contributed by atoms with Crippen molar-refractivity contribution >= 4 is 51.3 Å². The predicted octanol–water partition coefficient (Wildman–Crippen LogP) is 3.81. The Kier molecular flexibility index (Phi) is 6.43. The highest BCUT2D eigenvalue weighted by Crippen LogP contribution is 2.37. The van der Waals surface area contributed by atoms with Crippen molar-refractivity contribution in [1.82, 2.24) is 9.97 Å². The van der Waals surface area contributed by atoms with Gasteiger partial charge in [-0.2, -0.15) is 0 Å². The molecule has 0 saturated carbocycles. The van der Waals surface area contributed by atoms with Gasteiger partial charge in [0.15, 0.2) is 11.2 Å². The molecule has 4 rings (SSSR count). The Morgan fingerprint density at radius 1 is 1.27 bits per heavy atom. The summed E-state index contributed by atoms with van der Waals surface area (Å²) >= 11 is 2.57. The molecule has 1 aliphatic heterocycles. The van der Waals surface area contributed by atoms with Crippen LogP contribution in [-0.4, -0.2) is 47.0 Å². The van der Waals surface area contributed by atoms with E-state index >= 15 is 0 Å². The number of carbonyl (C=O) groups excluding carboxylic acids is 3. The van der Waals surface area contributed by atoms with E-state index in [2.05, 4.69) is 15.3 Å². The zero-order valence-electron chi connectivity index (χ0n) is 18.5. The third-order valence-corrected chi connectivity index (χ3v) is 6.71. The summed E-state index contributed by atoms with van der Waals surface area (Å²) in [6.07, 6.45) is -0.727. The van der Waals surface area contributed by atoms with Crippen LogP contribution in [0, 0.1) is 13.8 Å². The van der Waals surface area contributed by atoms with Gasteiger partial charge < -0.3 is 14.8 Å². The van der Waals surface area contributed by atoms with Gasteiger partial charge in [0.25, 0.3) is 5.91 Å². The largest absolute Gasteiger partial charge is 0.479 e. The number of thiazole rings is 2. The van der Waals surface area contributed by atoms with Crippen LogP contribution in [0.3, 0.4) is 0 Å². The zero-order chi connectivity index (χ0) is 23.7. The number of hydrogen-bond acceptors (Lipinski definition) is 9. The van der Waals surface area contributed by atoms with Crippen LogP contribution in [0.15, 0.2) is 23.6 Å². The van der Waals surface area contributed by atoms with Crippen LogP contribution in [-0.2, 0) is 14.3 Å². The first-order valence-corrected chi connectivity index (χ1v) is 12.0. The molecule has 172 valence electrons. The molecule has 0 spiro atoms. The number of nitrogens with zero attached hydrogens (tertiary/aromatic N) is 3. The number of aryl methyl sites for hydroxylation is 2. The Labute approximate surface area is 198 Å². The monoisotopic (exact) mass is 486 g/mol. The first-order valence-electron chi connectivity index (χ1n) is 10.3. The lowest BCUT2D eigenvalue weighted by molar-refractivity contribution is -0.127. The average Bonchev–Trinajstić information content (AvgIpc) is 3.36. The quantitative estimate of drug-likeness (QED) is 0.528. The van der Waals surface area contributed by atoms with Crippen LogP contribution in [0.1, 0.15) is 34.2 Å². The van der Waals surface area contributed by atoms with E-state index in [0.29, 0.717) is 22.0 Å². The lowest BCUT2D eigenvalue weighted by atomic mass is 10.1. The maximum absolute atomic E-state index is 12.9. The number of aromatic nitrogens is 2. The highest BCUT2D eigenvalue weighted by molar-refractivity contribution is 7.17. The van der Waals surface area contributed by atoms with E-state index in [9.17, 15) is 14.4 Å². The van der Waals surface area contributed by atoms with Crippen LogP contribution in [0.4, 0.5) is 10.8 Å². The Morgan fingerprint density at radius 3 is 2.76 bits per heavy atom. The van der Waals surface area contributed by atoms with Crippen molar-refractivity contribution in [2.24, 2.45) is 0 Å². The number of amides is 2. The molecule has 0 fully saturated rings. The molecule has 2 amide bonds. The van der Waals surface area contributed by atoms with Gasteiger partial charge in [-0.25, -0.2) is 14.8 Å². The minimum atomic E-state index is -0.727. The number of ether oxygens (including phenoxy) is 2. The van der Waals surface area contributed by atoms with Gasteiger partial charge in [-0.15, -0.1) is 11.3 Å². The number of fused-ring (bicyclic) bond motifs is 1. The van der Waals surface area contributed by atoms with Gasteiger partial charge in [0.1, 0.15) is 17.2 Å². The molecule has 9 nitrogen and oxygen atoms in total. The molecule has 1 N–H and O–H groups in total. The first-order chi connectivity index (χ1) is 15.8. The number of benzene rings is 1. The van der Waals surface area contributed by atoms with Crippen molar-refractivity contribution < 1.29 is 23.9 Å². The van der Waals surface area contributed by atoms with Gasteiger partial charge in [0.2, 0.25) is 5.91 Å². The predicted molar refractivity (Wildman–Crippen MR) is 126 cm³/mol. The number of anilines is 2. The molecule has 3 aromatic rings. The van der Waals surface area contributed by atoms with Crippen LogP contribution >= 0.6 is 22.7 Å². The second-order valence-electron chi connectivity index (χ2n) is 7.32. The maximum Gasteiger partial charge on any atom is 0.350 e. The summed E-state index contributed by atoms with van der Waals surface area (Å²) in [6.45, 7) is 6.97.